The molecule has 1 aromatic heterocycles. The zero-order chi connectivity index (χ0) is 15.9. The van der Waals surface area contributed by atoms with E-state index >= 15 is 0 Å². The molecule has 5 nitrogen and oxygen atoms in total. The van der Waals surface area contributed by atoms with E-state index in [2.05, 4.69) is 45.1 Å². The summed E-state index contributed by atoms with van der Waals surface area (Å²) in [6.07, 6.45) is 6.65. The lowest BCUT2D eigenvalue weighted by atomic mass is 9.94. The number of methoxy groups -OCH3 is 1. The van der Waals surface area contributed by atoms with Gasteiger partial charge in [0, 0.05) is 23.9 Å². The largest absolute Gasteiger partial charge is 0.464 e. The molecule has 1 aliphatic rings. The van der Waals surface area contributed by atoms with Crippen LogP contribution in [0.1, 0.15) is 18.2 Å². The topological polar surface area (TPSA) is 63.6 Å². The predicted molar refractivity (Wildman–Crippen MR) is 90.3 cm³/mol. The molecule has 22 heavy (non-hydrogen) atoms. The highest BCUT2D eigenvalue weighted by atomic mass is 32.2. The number of hydrogen-bond donors (Lipinski definition) is 1. The second kappa shape index (κ2) is 7.91. The SMILES string of the molecule is C=C(N=CCNSC1=C[C@@H](C)Cc2cccnc21)C(=O)OC. The lowest BCUT2D eigenvalue weighted by Gasteiger charge is -2.20. The maximum atomic E-state index is 11.1. The molecule has 0 unspecified atom stereocenters. The van der Waals surface area contributed by atoms with Gasteiger partial charge in [-0.05, 0) is 35.9 Å². The third-order valence-corrected chi connectivity index (χ3v) is 3.99. The van der Waals surface area contributed by atoms with Crippen molar-refractivity contribution in [3.63, 3.8) is 0 Å². The van der Waals surface area contributed by atoms with Crippen LogP contribution in [0.3, 0.4) is 0 Å². The Kier molecular flexibility index (Phi) is 5.91. The van der Waals surface area contributed by atoms with Crippen LogP contribution in [0.4, 0.5) is 0 Å². The van der Waals surface area contributed by atoms with Gasteiger partial charge in [0.1, 0.15) is 5.70 Å². The third kappa shape index (κ3) is 4.29. The Morgan fingerprint density at radius 2 is 2.50 bits per heavy atom. The van der Waals surface area contributed by atoms with Crippen molar-refractivity contribution >= 4 is 29.0 Å². The van der Waals surface area contributed by atoms with Crippen molar-refractivity contribution in [2.75, 3.05) is 13.7 Å². The first-order chi connectivity index (χ1) is 10.6. The fraction of sp³-hybridized carbons (Fsp3) is 0.312. The van der Waals surface area contributed by atoms with E-state index in [1.807, 2.05) is 12.3 Å². The van der Waals surface area contributed by atoms with Gasteiger partial charge in [0.2, 0.25) is 0 Å². The van der Waals surface area contributed by atoms with Crippen LogP contribution in [0.5, 0.6) is 0 Å². The Balaban J connectivity index is 1.88. The van der Waals surface area contributed by atoms with Crippen LogP contribution < -0.4 is 4.72 Å². The zero-order valence-electron chi connectivity index (χ0n) is 12.7. The number of carbonyl (C=O) groups excluding carboxylic acids is 1. The summed E-state index contributed by atoms with van der Waals surface area (Å²) in [5.74, 6) is -0.0281. The van der Waals surface area contributed by atoms with E-state index in [9.17, 15) is 4.79 Å². The van der Waals surface area contributed by atoms with Crippen molar-refractivity contribution in [2.45, 2.75) is 13.3 Å². The summed E-state index contributed by atoms with van der Waals surface area (Å²) >= 11 is 1.52. The van der Waals surface area contributed by atoms with Gasteiger partial charge in [-0.2, -0.15) is 0 Å². The van der Waals surface area contributed by atoms with Crippen LogP contribution in [0.2, 0.25) is 0 Å². The van der Waals surface area contributed by atoms with Crippen molar-refractivity contribution in [3.05, 3.63) is 47.9 Å². The lowest BCUT2D eigenvalue weighted by molar-refractivity contribution is -0.136. The van der Waals surface area contributed by atoms with Crippen LogP contribution in [0.25, 0.3) is 4.91 Å². The molecule has 6 heteroatoms. The fourth-order valence-electron chi connectivity index (χ4n) is 2.13. The number of pyridine rings is 1. The standard InChI is InChI=1S/C16H19N3O2S/c1-11-9-13-5-4-6-18-15(13)14(10-11)22-19-8-7-17-12(2)16(20)21-3/h4-7,10-11,19H,2,8-9H2,1,3H3/t11-/m0/s1. The van der Waals surface area contributed by atoms with Crippen LogP contribution in [0.15, 0.2) is 41.7 Å². The van der Waals surface area contributed by atoms with E-state index in [1.54, 1.807) is 6.21 Å². The van der Waals surface area contributed by atoms with E-state index in [0.29, 0.717) is 12.5 Å². The van der Waals surface area contributed by atoms with Crippen LogP contribution in [-0.2, 0) is 16.0 Å². The number of ether oxygens (including phenoxy) is 1. The number of rotatable bonds is 6. The predicted octanol–water partition coefficient (Wildman–Crippen LogP) is 2.61. The number of fused-ring (bicyclic) bond motifs is 1. The number of carbonyl (C=O) groups is 1. The van der Waals surface area contributed by atoms with Gasteiger partial charge in [-0.15, -0.1) is 0 Å². The number of aromatic nitrogens is 1. The minimum absolute atomic E-state index is 0.0896. The molecule has 1 N–H and O–H groups in total. The minimum Gasteiger partial charge on any atom is -0.464 e. The summed E-state index contributed by atoms with van der Waals surface area (Å²) in [5, 5.41) is 0. The summed E-state index contributed by atoms with van der Waals surface area (Å²) < 4.78 is 7.71. The zero-order valence-corrected chi connectivity index (χ0v) is 13.5. The Morgan fingerprint density at radius 1 is 1.68 bits per heavy atom. The van der Waals surface area contributed by atoms with E-state index < -0.39 is 5.97 Å². The molecule has 2 rings (SSSR count). The molecule has 0 spiro atoms. The summed E-state index contributed by atoms with van der Waals surface area (Å²) in [7, 11) is 1.30. The molecule has 1 aliphatic carbocycles. The van der Waals surface area contributed by atoms with Gasteiger partial charge in [-0.3, -0.25) is 14.7 Å². The van der Waals surface area contributed by atoms with E-state index in [-0.39, 0.29) is 5.70 Å². The highest BCUT2D eigenvalue weighted by Gasteiger charge is 2.17. The Hall–Kier alpha value is -1.92. The van der Waals surface area contributed by atoms with Crippen molar-refractivity contribution in [3.8, 4) is 0 Å². The van der Waals surface area contributed by atoms with Gasteiger partial charge in [-0.1, -0.05) is 25.6 Å². The molecule has 0 bridgehead atoms. The van der Waals surface area contributed by atoms with Gasteiger partial charge in [-0.25, -0.2) is 4.79 Å². The monoisotopic (exact) mass is 317 g/mol. The van der Waals surface area contributed by atoms with Gasteiger partial charge < -0.3 is 4.74 Å². The normalized spacial score (nSPS) is 17.0. The van der Waals surface area contributed by atoms with Crippen molar-refractivity contribution in [2.24, 2.45) is 10.9 Å². The third-order valence-electron chi connectivity index (χ3n) is 3.13. The molecular weight excluding hydrogens is 298 g/mol. The lowest BCUT2D eigenvalue weighted by Crippen LogP contribution is -2.12. The Morgan fingerprint density at radius 3 is 3.27 bits per heavy atom. The summed E-state index contributed by atoms with van der Waals surface area (Å²) in [6, 6.07) is 4.09. The molecule has 0 saturated heterocycles. The smallest absolute Gasteiger partial charge is 0.355 e. The molecule has 1 heterocycles. The summed E-state index contributed by atoms with van der Waals surface area (Å²) in [6.45, 7) is 6.23. The second-order valence-corrected chi connectivity index (χ2v) is 5.86. The number of hydrogen-bond acceptors (Lipinski definition) is 6. The average molecular weight is 317 g/mol. The molecule has 0 saturated carbocycles. The average Bonchev–Trinajstić information content (AvgIpc) is 2.53. The first kappa shape index (κ1) is 16.5. The first-order valence-corrected chi connectivity index (χ1v) is 7.79. The molecule has 0 radical (unpaired) electrons. The maximum absolute atomic E-state index is 11.1. The maximum Gasteiger partial charge on any atom is 0.355 e. The van der Waals surface area contributed by atoms with Gasteiger partial charge in [0.25, 0.3) is 0 Å². The number of nitrogens with zero attached hydrogens (tertiary/aromatic N) is 2. The van der Waals surface area contributed by atoms with Gasteiger partial charge in [0.15, 0.2) is 0 Å². The molecule has 0 aliphatic heterocycles. The molecule has 1 atom stereocenters. The number of aliphatic imine (C=N–C) groups is 1. The first-order valence-electron chi connectivity index (χ1n) is 6.97. The highest BCUT2D eigenvalue weighted by molar-refractivity contribution is 8.06. The van der Waals surface area contributed by atoms with E-state index in [1.165, 1.54) is 24.6 Å². The van der Waals surface area contributed by atoms with E-state index in [0.717, 1.165) is 17.0 Å². The Labute approximate surface area is 134 Å². The van der Waals surface area contributed by atoms with Crippen LogP contribution in [0, 0.1) is 5.92 Å². The van der Waals surface area contributed by atoms with Crippen molar-refractivity contribution < 1.29 is 9.53 Å². The summed E-state index contributed by atoms with van der Waals surface area (Å²) in [4.78, 5) is 20.6. The molecule has 0 amide bonds. The molecule has 0 fully saturated rings. The molecule has 116 valence electrons. The van der Waals surface area contributed by atoms with Crippen LogP contribution >= 0.6 is 11.9 Å². The van der Waals surface area contributed by atoms with E-state index in [4.69, 9.17) is 0 Å². The molecular formula is C16H19N3O2S. The summed E-state index contributed by atoms with van der Waals surface area (Å²) in [5.41, 5.74) is 2.40. The Bertz CT molecular complexity index is 626. The van der Waals surface area contributed by atoms with Crippen molar-refractivity contribution in [1.29, 1.82) is 0 Å². The highest BCUT2D eigenvalue weighted by Crippen LogP contribution is 2.33. The number of allylic oxidation sites excluding steroid dienone is 1. The van der Waals surface area contributed by atoms with Gasteiger partial charge >= 0.3 is 5.97 Å². The minimum atomic E-state index is -0.522. The number of esters is 1. The van der Waals surface area contributed by atoms with Gasteiger partial charge in [0.05, 0.1) is 12.8 Å². The fourth-order valence-corrected chi connectivity index (χ4v) is 3.03. The number of nitrogens with one attached hydrogen (secondary N) is 1. The van der Waals surface area contributed by atoms with Crippen molar-refractivity contribution in [1.82, 2.24) is 9.71 Å². The molecule has 1 aromatic rings. The molecule has 0 aromatic carbocycles. The van der Waals surface area contributed by atoms with Crippen LogP contribution in [-0.4, -0.2) is 30.8 Å². The second-order valence-electron chi connectivity index (χ2n) is 4.92. The quantitative estimate of drug-likeness (QED) is 0.287.